The number of carboxylic acids is 1. The van der Waals surface area contributed by atoms with Gasteiger partial charge in [0.25, 0.3) is 0 Å². The van der Waals surface area contributed by atoms with Gasteiger partial charge in [-0.15, -0.1) is 0 Å². The molecule has 3 amide bonds. The second-order valence-electron chi connectivity index (χ2n) is 9.14. The summed E-state index contributed by atoms with van der Waals surface area (Å²) in [7, 11) is 0. The molecule has 0 radical (unpaired) electrons. The van der Waals surface area contributed by atoms with Crippen LogP contribution < -0.4 is 21.7 Å². The first-order chi connectivity index (χ1) is 18.5. The molecule has 12 heteroatoms. The molecular weight excluding hydrogens is 524 g/mol. The maximum atomic E-state index is 13.3. The average Bonchev–Trinajstić information content (AvgIpc) is 2.90. The van der Waals surface area contributed by atoms with Crippen molar-refractivity contribution in [2.45, 2.75) is 56.5 Å². The number of thioether (sulfide) groups is 1. The molecule has 0 saturated carbocycles. The van der Waals surface area contributed by atoms with Gasteiger partial charge in [-0.25, -0.2) is 4.79 Å². The van der Waals surface area contributed by atoms with E-state index in [1.165, 1.54) is 30.8 Å². The van der Waals surface area contributed by atoms with Crippen molar-refractivity contribution in [2.75, 3.05) is 12.0 Å². The highest BCUT2D eigenvalue weighted by Crippen LogP contribution is 2.12. The first-order valence-corrected chi connectivity index (χ1v) is 13.8. The topological polar surface area (TPSA) is 191 Å². The van der Waals surface area contributed by atoms with Gasteiger partial charge < -0.3 is 37.0 Å². The fraction of sp³-hybridized carbons (Fsp3) is 0.407. The highest BCUT2D eigenvalue weighted by atomic mass is 32.2. The molecule has 0 aromatic heterocycles. The number of hydrogen-bond donors (Lipinski definition) is 7. The molecule has 0 aliphatic carbocycles. The van der Waals surface area contributed by atoms with E-state index in [0.29, 0.717) is 11.3 Å². The number of benzene rings is 2. The van der Waals surface area contributed by atoms with Crippen molar-refractivity contribution in [3.63, 3.8) is 0 Å². The SMILES string of the molecule is CSCCC(NC(=O)C(NC(=O)C(Cc1ccc(O)cc1)NC(=O)C(N)Cc1ccccc1)C(C)O)C(=O)O. The molecule has 212 valence electrons. The molecule has 5 atom stereocenters. The second-order valence-corrected chi connectivity index (χ2v) is 10.1. The molecule has 0 aliphatic heterocycles. The average molecular weight is 561 g/mol. The van der Waals surface area contributed by atoms with Gasteiger partial charge in [0.05, 0.1) is 12.1 Å². The van der Waals surface area contributed by atoms with Crippen molar-refractivity contribution >= 4 is 35.5 Å². The van der Waals surface area contributed by atoms with Gasteiger partial charge in [-0.3, -0.25) is 14.4 Å². The van der Waals surface area contributed by atoms with Crippen molar-refractivity contribution in [3.05, 3.63) is 65.7 Å². The van der Waals surface area contributed by atoms with E-state index in [1.54, 1.807) is 18.4 Å². The molecule has 2 aromatic rings. The summed E-state index contributed by atoms with van der Waals surface area (Å²) in [4.78, 5) is 50.7. The number of carbonyl (C=O) groups is 4. The standard InChI is InChI=1S/C27H36N4O7S/c1-16(32)23(26(36)29-21(27(37)38)12-13-39-2)31-25(35)22(15-18-8-10-19(33)11-9-18)30-24(34)20(28)14-17-6-4-3-5-7-17/h3-11,16,20-23,32-33H,12-15,28H2,1-2H3,(H,29,36)(H,30,34)(H,31,35)(H,37,38). The van der Waals surface area contributed by atoms with Gasteiger partial charge in [0, 0.05) is 6.42 Å². The highest BCUT2D eigenvalue weighted by molar-refractivity contribution is 7.98. The number of aliphatic hydroxyl groups is 1. The van der Waals surface area contributed by atoms with E-state index >= 15 is 0 Å². The summed E-state index contributed by atoms with van der Waals surface area (Å²) < 4.78 is 0. The number of aliphatic hydroxyl groups excluding tert-OH is 1. The van der Waals surface area contributed by atoms with Crippen LogP contribution in [-0.4, -0.2) is 81.3 Å². The highest BCUT2D eigenvalue weighted by Gasteiger charge is 2.32. The lowest BCUT2D eigenvalue weighted by Gasteiger charge is -2.26. The molecule has 0 bridgehead atoms. The zero-order chi connectivity index (χ0) is 28.9. The molecule has 8 N–H and O–H groups in total. The largest absolute Gasteiger partial charge is 0.508 e. The summed E-state index contributed by atoms with van der Waals surface area (Å²) in [5.74, 6) is -2.99. The summed E-state index contributed by atoms with van der Waals surface area (Å²) in [6.45, 7) is 1.28. The fourth-order valence-electron chi connectivity index (χ4n) is 3.73. The monoisotopic (exact) mass is 560 g/mol. The predicted octanol–water partition coefficient (Wildman–Crippen LogP) is 0.178. The first kappa shape index (κ1) is 31.6. The third-order valence-electron chi connectivity index (χ3n) is 5.93. The Morgan fingerprint density at radius 2 is 1.44 bits per heavy atom. The Morgan fingerprint density at radius 1 is 0.846 bits per heavy atom. The Hall–Kier alpha value is -3.61. The number of hydrogen-bond acceptors (Lipinski definition) is 8. The minimum atomic E-state index is -1.48. The number of amides is 3. The number of nitrogens with two attached hydrogens (primary N) is 1. The number of rotatable bonds is 15. The van der Waals surface area contributed by atoms with Gasteiger partial charge in [0.1, 0.15) is 23.9 Å². The van der Waals surface area contributed by atoms with Crippen LogP contribution in [0.4, 0.5) is 0 Å². The van der Waals surface area contributed by atoms with Crippen LogP contribution >= 0.6 is 11.8 Å². The summed E-state index contributed by atoms with van der Waals surface area (Å²) in [5, 5.41) is 36.7. The van der Waals surface area contributed by atoms with Gasteiger partial charge >= 0.3 is 5.97 Å². The maximum absolute atomic E-state index is 13.3. The summed E-state index contributed by atoms with van der Waals surface area (Å²) >= 11 is 1.41. The lowest BCUT2D eigenvalue weighted by Crippen LogP contribution is -2.60. The zero-order valence-electron chi connectivity index (χ0n) is 21.9. The maximum Gasteiger partial charge on any atom is 0.326 e. The number of aromatic hydroxyl groups is 1. The van der Waals surface area contributed by atoms with Gasteiger partial charge in [0.2, 0.25) is 17.7 Å². The molecule has 0 spiro atoms. The first-order valence-electron chi connectivity index (χ1n) is 12.4. The molecule has 0 saturated heterocycles. The fourth-order valence-corrected chi connectivity index (χ4v) is 4.20. The van der Waals surface area contributed by atoms with Crippen LogP contribution in [0, 0.1) is 0 Å². The second kappa shape index (κ2) is 15.7. The van der Waals surface area contributed by atoms with E-state index in [0.717, 1.165) is 5.56 Å². The van der Waals surface area contributed by atoms with Crippen molar-refractivity contribution in [2.24, 2.45) is 5.73 Å². The molecule has 0 aliphatic rings. The molecule has 2 aromatic carbocycles. The number of phenols is 1. The molecular formula is C27H36N4O7S. The Kier molecular flexibility index (Phi) is 12.7. The minimum Gasteiger partial charge on any atom is -0.508 e. The molecule has 0 heterocycles. The summed E-state index contributed by atoms with van der Waals surface area (Å²) in [6.07, 6.45) is 0.811. The van der Waals surface area contributed by atoms with E-state index in [2.05, 4.69) is 16.0 Å². The van der Waals surface area contributed by atoms with E-state index in [4.69, 9.17) is 5.73 Å². The number of phenolic OH excluding ortho intramolecular Hbond substituents is 1. The number of carboxylic acid groups (broad SMARTS) is 1. The minimum absolute atomic E-state index is 0.00443. The van der Waals surface area contributed by atoms with Crippen LogP contribution in [0.15, 0.2) is 54.6 Å². The molecule has 2 rings (SSSR count). The van der Waals surface area contributed by atoms with E-state index in [9.17, 15) is 34.5 Å². The van der Waals surface area contributed by atoms with Gasteiger partial charge in [-0.2, -0.15) is 11.8 Å². The third kappa shape index (κ3) is 10.6. The lowest BCUT2D eigenvalue weighted by molar-refractivity contribution is -0.143. The lowest BCUT2D eigenvalue weighted by atomic mass is 10.0. The van der Waals surface area contributed by atoms with Gasteiger partial charge in [-0.05, 0) is 55.0 Å². The van der Waals surface area contributed by atoms with Gasteiger partial charge in [0.15, 0.2) is 0 Å². The van der Waals surface area contributed by atoms with Crippen LogP contribution in [0.2, 0.25) is 0 Å². The van der Waals surface area contributed by atoms with Crippen LogP contribution in [0.25, 0.3) is 0 Å². The molecule has 39 heavy (non-hydrogen) atoms. The molecule has 5 unspecified atom stereocenters. The quantitative estimate of drug-likeness (QED) is 0.159. The number of carbonyl (C=O) groups excluding carboxylic acids is 3. The summed E-state index contributed by atoms with van der Waals surface area (Å²) in [5.41, 5.74) is 7.53. The molecule has 11 nitrogen and oxygen atoms in total. The normalized spacial score (nSPS) is 14.8. The Balaban J connectivity index is 2.20. The Morgan fingerprint density at radius 3 is 2.00 bits per heavy atom. The Bertz CT molecular complexity index is 1100. The molecule has 0 fully saturated rings. The van der Waals surface area contributed by atoms with Crippen molar-refractivity contribution in [1.82, 2.24) is 16.0 Å². The van der Waals surface area contributed by atoms with Crippen LogP contribution in [0.1, 0.15) is 24.5 Å². The van der Waals surface area contributed by atoms with Gasteiger partial charge in [-0.1, -0.05) is 42.5 Å². The van der Waals surface area contributed by atoms with E-state index in [1.807, 2.05) is 30.3 Å². The Labute approximate surface area is 231 Å². The van der Waals surface area contributed by atoms with Crippen LogP contribution in [0.5, 0.6) is 5.75 Å². The smallest absolute Gasteiger partial charge is 0.326 e. The van der Waals surface area contributed by atoms with E-state index in [-0.39, 0.29) is 25.0 Å². The predicted molar refractivity (Wildman–Crippen MR) is 148 cm³/mol. The number of nitrogens with one attached hydrogen (secondary N) is 3. The van der Waals surface area contributed by atoms with Crippen molar-refractivity contribution in [1.29, 1.82) is 0 Å². The van der Waals surface area contributed by atoms with Crippen molar-refractivity contribution in [3.8, 4) is 5.75 Å². The van der Waals surface area contributed by atoms with Crippen LogP contribution in [0.3, 0.4) is 0 Å². The van der Waals surface area contributed by atoms with E-state index < -0.39 is 54.0 Å². The van der Waals surface area contributed by atoms with Crippen molar-refractivity contribution < 1.29 is 34.5 Å². The zero-order valence-corrected chi connectivity index (χ0v) is 22.7. The number of aliphatic carboxylic acids is 1. The van der Waals surface area contributed by atoms with Crippen LogP contribution in [-0.2, 0) is 32.0 Å². The summed E-state index contributed by atoms with van der Waals surface area (Å²) in [6, 6.07) is 10.3. The third-order valence-corrected chi connectivity index (χ3v) is 6.58.